The smallest absolute Gasteiger partial charge is 0.243 e. The predicted molar refractivity (Wildman–Crippen MR) is 100 cm³/mol. The number of nitrogens with one attached hydrogen (secondary N) is 2. The minimum absolute atomic E-state index is 0.124. The van der Waals surface area contributed by atoms with Gasteiger partial charge in [-0.05, 0) is 24.8 Å². The van der Waals surface area contributed by atoms with E-state index in [0.717, 1.165) is 12.8 Å². The molecule has 1 aromatic heterocycles. The molecule has 3 rings (SSSR count). The maximum atomic E-state index is 13.6. The fourth-order valence-corrected chi connectivity index (χ4v) is 3.96. The van der Waals surface area contributed by atoms with Gasteiger partial charge in [-0.3, -0.25) is 4.79 Å². The number of nitrogens with zero attached hydrogens (tertiary/aromatic N) is 1. The van der Waals surface area contributed by atoms with E-state index in [0.29, 0.717) is 34.3 Å². The van der Waals surface area contributed by atoms with E-state index in [1.54, 1.807) is 0 Å². The van der Waals surface area contributed by atoms with Crippen LogP contribution >= 0.6 is 11.3 Å². The molecule has 8 heteroatoms. The molecule has 0 unspecified atom stereocenters. The summed E-state index contributed by atoms with van der Waals surface area (Å²) in [6.45, 7) is 5.45. The Morgan fingerprint density at radius 3 is 2.77 bits per heavy atom. The summed E-state index contributed by atoms with van der Waals surface area (Å²) in [4.78, 5) is 17.2. The van der Waals surface area contributed by atoms with Crippen molar-refractivity contribution in [3.05, 3.63) is 17.9 Å². The van der Waals surface area contributed by atoms with Crippen molar-refractivity contribution >= 4 is 32.6 Å². The molecule has 1 saturated heterocycles. The molecule has 2 heterocycles. The van der Waals surface area contributed by atoms with Crippen LogP contribution in [0.25, 0.3) is 10.2 Å². The van der Waals surface area contributed by atoms with Gasteiger partial charge < -0.3 is 20.1 Å². The third-order valence-corrected chi connectivity index (χ3v) is 5.38. The van der Waals surface area contributed by atoms with E-state index in [1.807, 2.05) is 13.8 Å². The molecule has 2 N–H and O–H groups in total. The van der Waals surface area contributed by atoms with Crippen LogP contribution in [-0.2, 0) is 9.53 Å². The van der Waals surface area contributed by atoms with Crippen LogP contribution in [0.1, 0.15) is 26.7 Å². The van der Waals surface area contributed by atoms with E-state index in [9.17, 15) is 9.18 Å². The molecule has 0 radical (unpaired) electrons. The number of carbonyl (C=O) groups excluding carboxylic acids is 1. The zero-order chi connectivity index (χ0) is 18.7. The first-order valence-corrected chi connectivity index (χ1v) is 9.58. The standard InChI is InChI=1S/C18H24FN3O3S/c1-10(2)15(20-12-4-6-25-7-5-12)17(23)22-18-21-16-13(24-3)8-11(19)9-14(16)26-18/h8-10,12,15,20H,4-7H2,1-3H3,(H,21,22,23)/t15-/m0/s1. The Bertz CT molecular complexity index is 774. The molecular formula is C18H24FN3O3S. The summed E-state index contributed by atoms with van der Waals surface area (Å²) < 4.78 is 24.8. The lowest BCUT2D eigenvalue weighted by Crippen LogP contribution is -2.50. The van der Waals surface area contributed by atoms with Crippen LogP contribution in [-0.4, -0.2) is 43.3 Å². The normalized spacial score (nSPS) is 16.8. The van der Waals surface area contributed by atoms with Gasteiger partial charge in [0, 0.05) is 25.3 Å². The van der Waals surface area contributed by atoms with E-state index >= 15 is 0 Å². The van der Waals surface area contributed by atoms with Gasteiger partial charge in [-0.15, -0.1) is 0 Å². The number of methoxy groups -OCH3 is 1. The molecule has 1 aromatic carbocycles. The average Bonchev–Trinajstić information content (AvgIpc) is 3.01. The van der Waals surface area contributed by atoms with Crippen LogP contribution in [0.4, 0.5) is 9.52 Å². The number of anilines is 1. The minimum Gasteiger partial charge on any atom is -0.494 e. The molecule has 142 valence electrons. The van der Waals surface area contributed by atoms with Gasteiger partial charge in [0.15, 0.2) is 5.13 Å². The SMILES string of the molecule is COc1cc(F)cc2sc(NC(=O)[C@@H](NC3CCOCC3)C(C)C)nc12. The fraction of sp³-hybridized carbons (Fsp3) is 0.556. The summed E-state index contributed by atoms with van der Waals surface area (Å²) in [5.74, 6) is -0.0428. The van der Waals surface area contributed by atoms with Crippen LogP contribution in [0.2, 0.25) is 0 Å². The second kappa shape index (κ2) is 8.28. The van der Waals surface area contributed by atoms with Crippen LogP contribution in [0.15, 0.2) is 12.1 Å². The number of carbonyl (C=O) groups is 1. The van der Waals surface area contributed by atoms with Crippen LogP contribution < -0.4 is 15.4 Å². The van der Waals surface area contributed by atoms with E-state index < -0.39 is 5.82 Å². The van der Waals surface area contributed by atoms with E-state index in [1.165, 1.54) is 30.6 Å². The Labute approximate surface area is 156 Å². The fourth-order valence-electron chi connectivity index (χ4n) is 3.05. The van der Waals surface area contributed by atoms with E-state index in [4.69, 9.17) is 9.47 Å². The molecule has 1 atom stereocenters. The topological polar surface area (TPSA) is 72.5 Å². The largest absolute Gasteiger partial charge is 0.494 e. The highest BCUT2D eigenvalue weighted by molar-refractivity contribution is 7.22. The molecule has 26 heavy (non-hydrogen) atoms. The summed E-state index contributed by atoms with van der Waals surface area (Å²) in [5, 5.41) is 6.75. The molecule has 1 aliphatic heterocycles. The number of benzene rings is 1. The number of rotatable bonds is 6. The Kier molecular flexibility index (Phi) is 6.05. The Hall–Kier alpha value is -1.77. The quantitative estimate of drug-likeness (QED) is 0.804. The highest BCUT2D eigenvalue weighted by Gasteiger charge is 2.27. The van der Waals surface area contributed by atoms with Gasteiger partial charge in [0.05, 0.1) is 17.9 Å². The second-order valence-electron chi connectivity index (χ2n) is 6.74. The number of thiazole rings is 1. The first-order chi connectivity index (χ1) is 12.5. The maximum absolute atomic E-state index is 13.6. The number of aromatic nitrogens is 1. The molecule has 0 aliphatic carbocycles. The van der Waals surface area contributed by atoms with Crippen molar-refractivity contribution in [2.75, 3.05) is 25.6 Å². The summed E-state index contributed by atoms with van der Waals surface area (Å²) in [7, 11) is 1.47. The van der Waals surface area contributed by atoms with Crippen molar-refractivity contribution in [2.45, 2.75) is 38.8 Å². The van der Waals surface area contributed by atoms with Crippen molar-refractivity contribution < 1.29 is 18.7 Å². The van der Waals surface area contributed by atoms with Crippen LogP contribution in [0.5, 0.6) is 5.75 Å². The third-order valence-electron chi connectivity index (χ3n) is 4.46. The average molecular weight is 381 g/mol. The molecule has 6 nitrogen and oxygen atoms in total. The molecule has 1 aliphatic rings. The van der Waals surface area contributed by atoms with Gasteiger partial charge in [0.1, 0.15) is 17.1 Å². The number of ether oxygens (including phenoxy) is 2. The zero-order valence-electron chi connectivity index (χ0n) is 15.2. The van der Waals surface area contributed by atoms with Crippen molar-refractivity contribution in [2.24, 2.45) is 5.92 Å². The summed E-state index contributed by atoms with van der Waals surface area (Å²) >= 11 is 1.23. The van der Waals surface area contributed by atoms with Gasteiger partial charge in [-0.1, -0.05) is 25.2 Å². The summed E-state index contributed by atoms with van der Waals surface area (Å²) in [6, 6.07) is 2.62. The van der Waals surface area contributed by atoms with Crippen LogP contribution in [0.3, 0.4) is 0 Å². The lowest BCUT2D eigenvalue weighted by Gasteiger charge is -2.29. The Morgan fingerprint density at radius 1 is 1.38 bits per heavy atom. The van der Waals surface area contributed by atoms with Gasteiger partial charge in [-0.2, -0.15) is 0 Å². The van der Waals surface area contributed by atoms with Crippen molar-refractivity contribution in [3.8, 4) is 5.75 Å². The van der Waals surface area contributed by atoms with E-state index in [-0.39, 0.29) is 23.9 Å². The Balaban J connectivity index is 1.75. The first kappa shape index (κ1) is 19.0. The molecule has 1 amide bonds. The third kappa shape index (κ3) is 4.31. The van der Waals surface area contributed by atoms with Gasteiger partial charge >= 0.3 is 0 Å². The summed E-state index contributed by atoms with van der Waals surface area (Å²) in [6.07, 6.45) is 1.79. The molecular weight excluding hydrogens is 357 g/mol. The first-order valence-electron chi connectivity index (χ1n) is 8.76. The lowest BCUT2D eigenvalue weighted by molar-refractivity contribution is -0.119. The van der Waals surface area contributed by atoms with Crippen molar-refractivity contribution in [1.29, 1.82) is 0 Å². The predicted octanol–water partition coefficient (Wildman–Crippen LogP) is 3.18. The zero-order valence-corrected chi connectivity index (χ0v) is 16.0. The number of fused-ring (bicyclic) bond motifs is 1. The highest BCUT2D eigenvalue weighted by Crippen LogP contribution is 2.33. The molecule has 0 saturated carbocycles. The van der Waals surface area contributed by atoms with E-state index in [2.05, 4.69) is 15.6 Å². The summed E-state index contributed by atoms with van der Waals surface area (Å²) in [5.41, 5.74) is 0.549. The number of halogens is 1. The van der Waals surface area contributed by atoms with Crippen LogP contribution in [0, 0.1) is 11.7 Å². The molecule has 0 spiro atoms. The molecule has 0 bridgehead atoms. The minimum atomic E-state index is -0.392. The van der Waals surface area contributed by atoms with Crippen molar-refractivity contribution in [1.82, 2.24) is 10.3 Å². The molecule has 2 aromatic rings. The second-order valence-corrected chi connectivity index (χ2v) is 7.77. The maximum Gasteiger partial charge on any atom is 0.243 e. The van der Waals surface area contributed by atoms with Gasteiger partial charge in [0.2, 0.25) is 5.91 Å². The number of hydrogen-bond donors (Lipinski definition) is 2. The lowest BCUT2D eigenvalue weighted by atomic mass is 10.00. The molecule has 1 fully saturated rings. The van der Waals surface area contributed by atoms with Gasteiger partial charge in [0.25, 0.3) is 0 Å². The van der Waals surface area contributed by atoms with Crippen molar-refractivity contribution in [3.63, 3.8) is 0 Å². The Morgan fingerprint density at radius 2 is 2.12 bits per heavy atom. The monoisotopic (exact) mass is 381 g/mol. The highest BCUT2D eigenvalue weighted by atomic mass is 32.1. The number of hydrogen-bond acceptors (Lipinski definition) is 6. The van der Waals surface area contributed by atoms with Gasteiger partial charge in [-0.25, -0.2) is 9.37 Å². The number of amides is 1.